The van der Waals surface area contributed by atoms with Gasteiger partial charge in [-0.15, -0.1) is 11.8 Å². The molecule has 3 saturated heterocycles. The molecule has 0 bridgehead atoms. The monoisotopic (exact) mass is 462 g/mol. The van der Waals surface area contributed by atoms with Crippen LogP contribution in [0.3, 0.4) is 0 Å². The van der Waals surface area contributed by atoms with Gasteiger partial charge in [0, 0.05) is 19.6 Å². The smallest absolute Gasteiger partial charge is 0.237 e. The predicted octanol–water partition coefficient (Wildman–Crippen LogP) is -0.630. The van der Waals surface area contributed by atoms with Crippen LogP contribution in [0.15, 0.2) is 0 Å². The van der Waals surface area contributed by atoms with Crippen LogP contribution < -0.4 is 11.0 Å². The third kappa shape index (κ3) is 4.89. The maximum absolute atomic E-state index is 13.9. The van der Waals surface area contributed by atoms with Gasteiger partial charge in [0.25, 0.3) is 0 Å². The van der Waals surface area contributed by atoms with Gasteiger partial charge in [-0.1, -0.05) is 6.42 Å². The van der Waals surface area contributed by atoms with Crippen LogP contribution >= 0.6 is 11.8 Å². The number of nitrogens with zero attached hydrogens (tertiary/aromatic N) is 2. The minimum atomic E-state index is -1.19. The third-order valence-corrected chi connectivity index (χ3v) is 8.53. The number of likely N-dealkylation sites (N-methyl/N-ethyl adjacent to an activating group) is 1. The van der Waals surface area contributed by atoms with Crippen molar-refractivity contribution in [3.8, 4) is 0 Å². The van der Waals surface area contributed by atoms with E-state index in [0.29, 0.717) is 19.4 Å². The maximum atomic E-state index is 13.9. The average Bonchev–Trinajstić information content (AvgIpc) is 3.46. The second-order valence-corrected chi connectivity index (χ2v) is 10.5. The van der Waals surface area contributed by atoms with Crippen LogP contribution in [-0.2, 0) is 9.53 Å². The number of ether oxygens (including phenoxy) is 1. The van der Waals surface area contributed by atoms with Crippen molar-refractivity contribution in [2.45, 2.75) is 86.6 Å². The van der Waals surface area contributed by atoms with E-state index < -0.39 is 43.4 Å². The summed E-state index contributed by atoms with van der Waals surface area (Å²) in [6, 6.07) is -0.814. The summed E-state index contributed by atoms with van der Waals surface area (Å²) in [4.78, 5) is 14.3. The summed E-state index contributed by atoms with van der Waals surface area (Å²) in [7, 11) is 1.60. The number of rotatable bonds is 5. The Balaban J connectivity index is 1.46. The molecule has 0 aromatic carbocycles. The Morgan fingerprint density at radius 3 is 2.74 bits per heavy atom. The van der Waals surface area contributed by atoms with Crippen LogP contribution in [0.1, 0.15) is 38.5 Å². The minimum absolute atomic E-state index is 0.0129. The molecule has 1 aliphatic carbocycles. The van der Waals surface area contributed by atoms with Crippen molar-refractivity contribution < 1.29 is 29.2 Å². The minimum Gasteiger partial charge on any atom is -0.394 e. The lowest BCUT2D eigenvalue weighted by Gasteiger charge is -2.48. The lowest BCUT2D eigenvalue weighted by molar-refractivity contribution is -0.250. The lowest BCUT2D eigenvalue weighted by atomic mass is 9.83. The number of aliphatic hydroxyl groups excluding tert-OH is 3. The molecule has 4 fully saturated rings. The van der Waals surface area contributed by atoms with Crippen molar-refractivity contribution in [3.63, 3.8) is 0 Å². The molecule has 4 aliphatic rings. The Bertz CT molecular complexity index is 630. The standard InChI is InChI=1S/C20H35FN4O5S/c1-24(19(29)15-6-3-7-31-15)20-18(28)16(17(27)14(10-26)30-20)25-9-13(22-23-25)11-4-2-5-12(21)8-11/h11-18,20,22-23,26-28H,2-10H2,1H3/t11?,12?,13?,14-,15?,16+,17+,18-,20-/m0/s1. The predicted molar refractivity (Wildman–Crippen MR) is 113 cm³/mol. The molecule has 11 heteroatoms. The van der Waals surface area contributed by atoms with E-state index in [9.17, 15) is 24.5 Å². The molecule has 0 aromatic rings. The number of hydrogen-bond donors (Lipinski definition) is 5. The van der Waals surface area contributed by atoms with Crippen LogP contribution in [0.2, 0.25) is 0 Å². The highest BCUT2D eigenvalue weighted by Gasteiger charge is 2.51. The molecule has 4 rings (SSSR count). The SMILES string of the molecule is CN(C(=O)C1CCCS1)[C@H]1O[C@@H](CO)[C@@H](O)[C@@H](N2CC(C3CCCC(F)C3)NN2)[C@@H]1O. The van der Waals surface area contributed by atoms with E-state index in [1.165, 1.54) is 4.90 Å². The van der Waals surface area contributed by atoms with Crippen molar-refractivity contribution >= 4 is 17.7 Å². The second-order valence-electron chi connectivity index (χ2n) is 9.21. The molecule has 31 heavy (non-hydrogen) atoms. The molecule has 9 atom stereocenters. The Morgan fingerprint density at radius 2 is 2.06 bits per heavy atom. The van der Waals surface area contributed by atoms with E-state index in [0.717, 1.165) is 31.4 Å². The van der Waals surface area contributed by atoms with Crippen molar-refractivity contribution in [2.24, 2.45) is 5.92 Å². The zero-order chi connectivity index (χ0) is 22.1. The highest BCUT2D eigenvalue weighted by Crippen LogP contribution is 2.33. The van der Waals surface area contributed by atoms with E-state index in [2.05, 4.69) is 11.0 Å². The Kier molecular flexibility index (Phi) is 7.75. The van der Waals surface area contributed by atoms with Crippen LogP contribution in [0.5, 0.6) is 0 Å². The number of carbonyl (C=O) groups excluding carboxylic acids is 1. The fraction of sp³-hybridized carbons (Fsp3) is 0.950. The molecular weight excluding hydrogens is 427 g/mol. The highest BCUT2D eigenvalue weighted by atomic mass is 32.2. The number of aliphatic hydroxyl groups is 3. The van der Waals surface area contributed by atoms with Crippen LogP contribution in [-0.4, -0.2) is 105 Å². The van der Waals surface area contributed by atoms with Gasteiger partial charge < -0.3 is 25.0 Å². The summed E-state index contributed by atoms with van der Waals surface area (Å²) < 4.78 is 19.6. The van der Waals surface area contributed by atoms with Crippen molar-refractivity contribution in [1.29, 1.82) is 0 Å². The summed E-state index contributed by atoms with van der Waals surface area (Å²) in [5, 5.41) is 33.3. The number of hydrogen-bond acceptors (Lipinski definition) is 9. The average molecular weight is 463 g/mol. The van der Waals surface area contributed by atoms with Crippen molar-refractivity contribution in [2.75, 3.05) is 26.0 Å². The molecule has 0 aromatic heterocycles. The molecule has 178 valence electrons. The number of alkyl halides is 1. The molecule has 0 radical (unpaired) electrons. The first-order valence-electron chi connectivity index (χ1n) is 11.3. The highest BCUT2D eigenvalue weighted by molar-refractivity contribution is 8.00. The van der Waals surface area contributed by atoms with Gasteiger partial charge in [0.15, 0.2) is 6.23 Å². The lowest BCUT2D eigenvalue weighted by Crippen LogP contribution is -2.69. The summed E-state index contributed by atoms with van der Waals surface area (Å²) >= 11 is 1.60. The number of thioether (sulfide) groups is 1. The van der Waals surface area contributed by atoms with Gasteiger partial charge in [-0.25, -0.2) is 14.8 Å². The quantitative estimate of drug-likeness (QED) is 0.364. The molecule has 4 unspecified atom stereocenters. The van der Waals surface area contributed by atoms with Gasteiger partial charge in [-0.3, -0.25) is 4.79 Å². The zero-order valence-corrected chi connectivity index (χ0v) is 18.7. The molecule has 9 nitrogen and oxygen atoms in total. The second kappa shape index (κ2) is 10.2. The normalized spacial score (nSPS) is 44.5. The van der Waals surface area contributed by atoms with Gasteiger partial charge in [0.1, 0.15) is 24.5 Å². The van der Waals surface area contributed by atoms with Gasteiger partial charge in [0.2, 0.25) is 5.91 Å². The molecule has 3 heterocycles. The fourth-order valence-electron chi connectivity index (χ4n) is 5.36. The zero-order valence-electron chi connectivity index (χ0n) is 17.9. The van der Waals surface area contributed by atoms with E-state index in [-0.39, 0.29) is 23.1 Å². The van der Waals surface area contributed by atoms with E-state index in [1.54, 1.807) is 23.8 Å². The first-order chi connectivity index (χ1) is 14.9. The van der Waals surface area contributed by atoms with Crippen LogP contribution in [0.25, 0.3) is 0 Å². The Hall–Kier alpha value is -0.530. The van der Waals surface area contributed by atoms with Gasteiger partial charge in [0.05, 0.1) is 17.9 Å². The Labute approximate surface area is 186 Å². The van der Waals surface area contributed by atoms with Gasteiger partial charge in [-0.2, -0.15) is 5.53 Å². The molecule has 3 aliphatic heterocycles. The molecule has 1 amide bonds. The van der Waals surface area contributed by atoms with Gasteiger partial charge in [-0.05, 0) is 43.8 Å². The first-order valence-corrected chi connectivity index (χ1v) is 12.4. The fourth-order valence-corrected chi connectivity index (χ4v) is 6.62. The van der Waals surface area contributed by atoms with Crippen LogP contribution in [0.4, 0.5) is 4.39 Å². The third-order valence-electron chi connectivity index (χ3n) is 7.17. The summed E-state index contributed by atoms with van der Waals surface area (Å²) in [5.41, 5.74) is 6.21. The number of nitrogens with one attached hydrogen (secondary N) is 2. The van der Waals surface area contributed by atoms with Crippen molar-refractivity contribution in [1.82, 2.24) is 20.9 Å². The number of halogens is 1. The topological polar surface area (TPSA) is 118 Å². The van der Waals surface area contributed by atoms with E-state index in [1.807, 2.05) is 0 Å². The number of hydrazine groups is 2. The Morgan fingerprint density at radius 1 is 1.26 bits per heavy atom. The molecule has 5 N–H and O–H groups in total. The largest absolute Gasteiger partial charge is 0.394 e. The first kappa shape index (κ1) is 23.6. The van der Waals surface area contributed by atoms with Crippen LogP contribution in [0, 0.1) is 5.92 Å². The molecule has 1 saturated carbocycles. The van der Waals surface area contributed by atoms with E-state index >= 15 is 0 Å². The molecule has 0 spiro atoms. The number of amides is 1. The molecular formula is C20H35FN4O5S. The van der Waals surface area contributed by atoms with Gasteiger partial charge >= 0.3 is 0 Å². The van der Waals surface area contributed by atoms with Crippen molar-refractivity contribution in [3.05, 3.63) is 0 Å². The van der Waals surface area contributed by atoms with E-state index in [4.69, 9.17) is 4.74 Å². The summed E-state index contributed by atoms with van der Waals surface area (Å²) in [5.74, 6) is 0.994. The summed E-state index contributed by atoms with van der Waals surface area (Å²) in [6.07, 6.45) is -0.372. The summed E-state index contributed by atoms with van der Waals surface area (Å²) in [6.45, 7) is 0.0368. The maximum Gasteiger partial charge on any atom is 0.237 e. The number of carbonyl (C=O) groups is 1.